The van der Waals surface area contributed by atoms with Crippen LogP contribution in [0.25, 0.3) is 0 Å². The van der Waals surface area contributed by atoms with Crippen LogP contribution in [-0.2, 0) is 0 Å². The SMILES string of the molecule is C=C[C@H](c1ccccc1)[C@H](C)C(=S)N1[C@@H](c2ccccc2)CC[C@@H]1c1ccccc1. The van der Waals surface area contributed by atoms with Gasteiger partial charge in [0.25, 0.3) is 0 Å². The van der Waals surface area contributed by atoms with Crippen molar-refractivity contribution in [1.29, 1.82) is 0 Å². The van der Waals surface area contributed by atoms with Gasteiger partial charge in [0.1, 0.15) is 0 Å². The lowest BCUT2D eigenvalue weighted by molar-refractivity contribution is 0.311. The fraction of sp³-hybridized carbons (Fsp3) is 0.250. The van der Waals surface area contributed by atoms with Gasteiger partial charge in [0.05, 0.1) is 17.1 Å². The van der Waals surface area contributed by atoms with Gasteiger partial charge in [0.2, 0.25) is 0 Å². The van der Waals surface area contributed by atoms with E-state index in [1.54, 1.807) is 0 Å². The van der Waals surface area contributed by atoms with Gasteiger partial charge in [-0.1, -0.05) is 116 Å². The Hall–Kier alpha value is -2.71. The van der Waals surface area contributed by atoms with Crippen molar-refractivity contribution >= 4 is 17.2 Å². The zero-order valence-corrected chi connectivity index (χ0v) is 18.3. The maximum atomic E-state index is 6.21. The highest BCUT2D eigenvalue weighted by Gasteiger charge is 2.39. The molecule has 0 saturated carbocycles. The van der Waals surface area contributed by atoms with Crippen LogP contribution in [0.4, 0.5) is 0 Å². The molecule has 2 heteroatoms. The molecule has 30 heavy (non-hydrogen) atoms. The van der Waals surface area contributed by atoms with Crippen LogP contribution in [0.1, 0.15) is 54.5 Å². The second kappa shape index (κ2) is 9.40. The van der Waals surface area contributed by atoms with E-state index in [9.17, 15) is 0 Å². The van der Waals surface area contributed by atoms with Crippen molar-refractivity contribution in [1.82, 2.24) is 4.90 Å². The Kier molecular flexibility index (Phi) is 6.44. The smallest absolute Gasteiger partial charge is 0.0827 e. The monoisotopic (exact) mass is 411 g/mol. The number of hydrogen-bond donors (Lipinski definition) is 0. The second-order valence-electron chi connectivity index (χ2n) is 8.14. The first kappa shape index (κ1) is 20.6. The number of allylic oxidation sites excluding steroid dienone is 1. The van der Waals surface area contributed by atoms with Crippen LogP contribution in [0.5, 0.6) is 0 Å². The Morgan fingerprint density at radius 3 is 1.70 bits per heavy atom. The minimum Gasteiger partial charge on any atom is -0.352 e. The second-order valence-corrected chi connectivity index (χ2v) is 8.55. The molecule has 3 aromatic rings. The molecule has 0 amide bonds. The van der Waals surface area contributed by atoms with E-state index in [1.807, 2.05) is 0 Å². The first-order chi connectivity index (χ1) is 14.7. The highest BCUT2D eigenvalue weighted by Crippen LogP contribution is 2.46. The van der Waals surface area contributed by atoms with E-state index in [2.05, 4.69) is 115 Å². The summed E-state index contributed by atoms with van der Waals surface area (Å²) in [4.78, 5) is 3.55. The molecule has 4 atom stereocenters. The van der Waals surface area contributed by atoms with Crippen LogP contribution in [0.2, 0.25) is 0 Å². The summed E-state index contributed by atoms with van der Waals surface area (Å²) in [6, 6.07) is 32.9. The topological polar surface area (TPSA) is 3.24 Å². The Morgan fingerprint density at radius 1 is 0.833 bits per heavy atom. The molecule has 3 aromatic carbocycles. The molecule has 1 aliphatic rings. The Bertz CT molecular complexity index is 920. The standard InChI is InChI=1S/C28H29NS/c1-3-25(22-13-7-4-8-14-22)21(2)28(30)29-26(23-15-9-5-10-16-23)19-20-27(29)24-17-11-6-12-18-24/h3-18,21,25-27H,1,19-20H2,2H3/t21-,25-,26+,27+/m0/s1. The molecular weight excluding hydrogens is 382 g/mol. The van der Waals surface area contributed by atoms with Gasteiger partial charge in [0.15, 0.2) is 0 Å². The summed E-state index contributed by atoms with van der Waals surface area (Å²) in [5.41, 5.74) is 3.97. The largest absolute Gasteiger partial charge is 0.352 e. The summed E-state index contributed by atoms with van der Waals surface area (Å²) in [5.74, 6) is 0.391. The summed E-state index contributed by atoms with van der Waals surface area (Å²) in [7, 11) is 0. The minimum atomic E-state index is 0.190. The average Bonchev–Trinajstić information content (AvgIpc) is 3.26. The third-order valence-corrected chi connectivity index (χ3v) is 6.96. The third kappa shape index (κ3) is 4.11. The van der Waals surface area contributed by atoms with Crippen LogP contribution in [0, 0.1) is 5.92 Å². The minimum absolute atomic E-state index is 0.190. The molecule has 0 aromatic heterocycles. The Labute approximate surface area is 186 Å². The summed E-state index contributed by atoms with van der Waals surface area (Å²) in [6.07, 6.45) is 4.28. The molecule has 0 unspecified atom stereocenters. The lowest BCUT2D eigenvalue weighted by atomic mass is 9.86. The molecule has 0 spiro atoms. The number of thiocarbonyl (C=S) groups is 1. The molecule has 4 rings (SSSR count). The Balaban J connectivity index is 1.70. The fourth-order valence-electron chi connectivity index (χ4n) is 4.82. The summed E-state index contributed by atoms with van der Waals surface area (Å²) < 4.78 is 0. The molecule has 1 aliphatic heterocycles. The molecule has 1 saturated heterocycles. The molecule has 0 bridgehead atoms. The molecule has 0 N–H and O–H groups in total. The van der Waals surface area contributed by atoms with Gasteiger partial charge in [-0.3, -0.25) is 0 Å². The highest BCUT2D eigenvalue weighted by molar-refractivity contribution is 7.80. The molecule has 0 aliphatic carbocycles. The maximum Gasteiger partial charge on any atom is 0.0827 e. The number of rotatable bonds is 6. The van der Waals surface area contributed by atoms with Gasteiger partial charge in [-0.05, 0) is 29.5 Å². The molecule has 1 nitrogen and oxygen atoms in total. The van der Waals surface area contributed by atoms with Crippen molar-refractivity contribution in [2.75, 3.05) is 0 Å². The van der Waals surface area contributed by atoms with Crippen LogP contribution >= 0.6 is 12.2 Å². The van der Waals surface area contributed by atoms with E-state index in [0.717, 1.165) is 17.8 Å². The number of nitrogens with zero attached hydrogens (tertiary/aromatic N) is 1. The van der Waals surface area contributed by atoms with E-state index in [0.29, 0.717) is 12.1 Å². The lowest BCUT2D eigenvalue weighted by Gasteiger charge is -2.37. The lowest BCUT2D eigenvalue weighted by Crippen LogP contribution is -2.37. The molecule has 1 fully saturated rings. The van der Waals surface area contributed by atoms with Gasteiger partial charge in [-0.25, -0.2) is 0 Å². The van der Waals surface area contributed by atoms with Gasteiger partial charge in [0, 0.05) is 11.8 Å². The van der Waals surface area contributed by atoms with E-state index < -0.39 is 0 Å². The highest BCUT2D eigenvalue weighted by atomic mass is 32.1. The predicted molar refractivity (Wildman–Crippen MR) is 131 cm³/mol. The number of benzene rings is 3. The van der Waals surface area contributed by atoms with Crippen molar-refractivity contribution in [2.24, 2.45) is 5.92 Å². The molecule has 152 valence electrons. The van der Waals surface area contributed by atoms with Crippen molar-refractivity contribution in [3.63, 3.8) is 0 Å². The maximum absolute atomic E-state index is 6.21. The van der Waals surface area contributed by atoms with Gasteiger partial charge < -0.3 is 4.90 Å². The number of hydrogen-bond acceptors (Lipinski definition) is 1. The van der Waals surface area contributed by atoms with Crippen LogP contribution in [0.3, 0.4) is 0 Å². The fourth-order valence-corrected chi connectivity index (χ4v) is 5.22. The van der Waals surface area contributed by atoms with Crippen molar-refractivity contribution in [3.05, 3.63) is 120 Å². The Morgan fingerprint density at radius 2 is 1.27 bits per heavy atom. The molecule has 1 heterocycles. The van der Waals surface area contributed by atoms with Crippen LogP contribution < -0.4 is 0 Å². The first-order valence-electron chi connectivity index (χ1n) is 10.8. The summed E-state index contributed by atoms with van der Waals surface area (Å²) in [5, 5.41) is 0. The average molecular weight is 412 g/mol. The van der Waals surface area contributed by atoms with E-state index in [1.165, 1.54) is 16.7 Å². The van der Waals surface area contributed by atoms with Crippen molar-refractivity contribution in [3.8, 4) is 0 Å². The zero-order valence-electron chi connectivity index (χ0n) is 17.5. The van der Waals surface area contributed by atoms with Crippen molar-refractivity contribution < 1.29 is 0 Å². The molecular formula is C28H29NS. The summed E-state index contributed by atoms with van der Waals surface area (Å²) >= 11 is 6.21. The van der Waals surface area contributed by atoms with Crippen LogP contribution in [-0.4, -0.2) is 9.89 Å². The summed E-state index contributed by atoms with van der Waals surface area (Å²) in [6.45, 7) is 6.40. The van der Waals surface area contributed by atoms with E-state index >= 15 is 0 Å². The third-order valence-electron chi connectivity index (χ3n) is 6.37. The van der Waals surface area contributed by atoms with Gasteiger partial charge >= 0.3 is 0 Å². The molecule has 0 radical (unpaired) electrons. The van der Waals surface area contributed by atoms with Gasteiger partial charge in [-0.2, -0.15) is 0 Å². The normalized spacial score (nSPS) is 20.5. The number of likely N-dealkylation sites (tertiary alicyclic amines) is 1. The quantitative estimate of drug-likeness (QED) is 0.305. The predicted octanol–water partition coefficient (Wildman–Crippen LogP) is 7.50. The first-order valence-corrected chi connectivity index (χ1v) is 11.2. The van der Waals surface area contributed by atoms with E-state index in [-0.39, 0.29) is 11.8 Å². The van der Waals surface area contributed by atoms with Gasteiger partial charge in [-0.15, -0.1) is 6.58 Å². The zero-order chi connectivity index (χ0) is 20.9. The van der Waals surface area contributed by atoms with Crippen molar-refractivity contribution in [2.45, 2.75) is 37.8 Å². The van der Waals surface area contributed by atoms with Crippen LogP contribution in [0.15, 0.2) is 104 Å². The van der Waals surface area contributed by atoms with E-state index in [4.69, 9.17) is 12.2 Å².